The lowest BCUT2D eigenvalue weighted by Gasteiger charge is -2.30. The minimum Gasteiger partial charge on any atom is -0.422 e. The first-order valence-electron chi connectivity index (χ1n) is 9.32. The summed E-state index contributed by atoms with van der Waals surface area (Å²) in [7, 11) is 0. The van der Waals surface area contributed by atoms with Gasteiger partial charge < -0.3 is 20.4 Å². The highest BCUT2D eigenvalue weighted by Crippen LogP contribution is 2.28. The van der Waals surface area contributed by atoms with Gasteiger partial charge in [0, 0.05) is 47.6 Å². The molecule has 1 fully saturated rings. The number of hydrogen-bond donors (Lipinski definition) is 2. The molecule has 2 heterocycles. The van der Waals surface area contributed by atoms with E-state index < -0.39 is 5.63 Å². The molecule has 144 valence electrons. The van der Waals surface area contributed by atoms with E-state index in [9.17, 15) is 14.4 Å². The van der Waals surface area contributed by atoms with Crippen molar-refractivity contribution < 1.29 is 14.0 Å². The van der Waals surface area contributed by atoms with Crippen LogP contribution in [0, 0.1) is 0 Å². The fraction of sp³-hybridized carbons (Fsp3) is 0.286. The van der Waals surface area contributed by atoms with Crippen molar-refractivity contribution in [3.05, 3.63) is 52.4 Å². The average Bonchev–Trinajstić information content (AvgIpc) is 2.67. The van der Waals surface area contributed by atoms with Gasteiger partial charge in [0.15, 0.2) is 0 Å². The maximum Gasteiger partial charge on any atom is 0.344 e. The molecular formula is C21H21N3O4. The highest BCUT2D eigenvalue weighted by Gasteiger charge is 2.25. The van der Waals surface area contributed by atoms with Crippen molar-refractivity contribution in [3.8, 4) is 0 Å². The normalized spacial score (nSPS) is 17.3. The van der Waals surface area contributed by atoms with Gasteiger partial charge in [-0.25, -0.2) is 4.79 Å². The molecule has 7 nitrogen and oxygen atoms in total. The maximum atomic E-state index is 12.6. The molecule has 2 amide bonds. The zero-order valence-electron chi connectivity index (χ0n) is 15.5. The van der Waals surface area contributed by atoms with Crippen molar-refractivity contribution in [2.24, 2.45) is 5.73 Å². The van der Waals surface area contributed by atoms with Gasteiger partial charge in [-0.1, -0.05) is 6.07 Å². The van der Waals surface area contributed by atoms with Gasteiger partial charge in [-0.05, 0) is 43.7 Å². The molecule has 0 bridgehead atoms. The van der Waals surface area contributed by atoms with E-state index in [-0.39, 0.29) is 17.9 Å². The van der Waals surface area contributed by atoms with E-state index in [4.69, 9.17) is 10.2 Å². The van der Waals surface area contributed by atoms with E-state index >= 15 is 0 Å². The van der Waals surface area contributed by atoms with Crippen LogP contribution >= 0.6 is 0 Å². The summed E-state index contributed by atoms with van der Waals surface area (Å²) in [5, 5.41) is 4.58. The van der Waals surface area contributed by atoms with Crippen molar-refractivity contribution >= 4 is 39.2 Å². The molecule has 1 unspecified atom stereocenters. The minimum atomic E-state index is -0.501. The largest absolute Gasteiger partial charge is 0.422 e. The number of amides is 2. The number of rotatable bonds is 3. The molecule has 0 radical (unpaired) electrons. The van der Waals surface area contributed by atoms with Crippen molar-refractivity contribution in [2.75, 3.05) is 18.0 Å². The number of piperidine rings is 1. The van der Waals surface area contributed by atoms with Gasteiger partial charge in [0.25, 0.3) is 5.91 Å². The fourth-order valence-corrected chi connectivity index (χ4v) is 3.62. The first-order chi connectivity index (χ1) is 13.5. The Labute approximate surface area is 161 Å². The van der Waals surface area contributed by atoms with E-state index in [1.807, 2.05) is 19.1 Å². The van der Waals surface area contributed by atoms with E-state index in [2.05, 4.69) is 5.32 Å². The lowest BCUT2D eigenvalue weighted by atomic mass is 10.0. The quantitative estimate of drug-likeness (QED) is 0.536. The summed E-state index contributed by atoms with van der Waals surface area (Å²) in [6, 6.07) is 10.3. The molecule has 1 aromatic heterocycles. The molecule has 0 spiro atoms. The van der Waals surface area contributed by atoms with E-state index in [0.29, 0.717) is 41.7 Å². The molecule has 3 N–H and O–H groups in total. The second-order valence-electron chi connectivity index (χ2n) is 6.99. The number of nitrogens with zero attached hydrogens (tertiary/aromatic N) is 1. The van der Waals surface area contributed by atoms with Gasteiger partial charge in [0.1, 0.15) is 5.58 Å². The average molecular weight is 379 g/mol. The molecule has 7 heteroatoms. The number of nitrogens with one attached hydrogen (secondary N) is 1. The predicted molar refractivity (Wildman–Crippen MR) is 108 cm³/mol. The molecule has 2 aromatic carbocycles. The predicted octanol–water partition coefficient (Wildman–Crippen LogP) is 2.15. The van der Waals surface area contributed by atoms with Crippen molar-refractivity contribution in [3.63, 3.8) is 0 Å². The Balaban J connectivity index is 1.80. The van der Waals surface area contributed by atoms with Gasteiger partial charge in [0.05, 0.1) is 5.39 Å². The SMILES string of the molecule is CCNC(=O)c1ccc2c(c1)oc(=O)c1cc(N3CCC(N)CC3=O)ccc12. The Hall–Kier alpha value is -3.19. The van der Waals surface area contributed by atoms with Gasteiger partial charge in [-0.3, -0.25) is 9.59 Å². The maximum absolute atomic E-state index is 12.6. The molecule has 1 aliphatic rings. The summed E-state index contributed by atoms with van der Waals surface area (Å²) in [5.74, 6) is -0.265. The monoisotopic (exact) mass is 379 g/mol. The van der Waals surface area contributed by atoms with Crippen LogP contribution in [0.5, 0.6) is 0 Å². The highest BCUT2D eigenvalue weighted by molar-refractivity contribution is 6.08. The Kier molecular flexibility index (Phi) is 4.60. The first-order valence-corrected chi connectivity index (χ1v) is 9.32. The number of nitrogens with two attached hydrogens (primary N) is 1. The van der Waals surface area contributed by atoms with Gasteiger partial charge in [-0.15, -0.1) is 0 Å². The number of fused-ring (bicyclic) bond motifs is 3. The van der Waals surface area contributed by atoms with Crippen LogP contribution in [0.1, 0.15) is 30.1 Å². The fourth-order valence-electron chi connectivity index (χ4n) is 3.62. The van der Waals surface area contributed by atoms with Crippen LogP contribution in [-0.2, 0) is 4.79 Å². The third-order valence-corrected chi connectivity index (χ3v) is 5.07. The summed E-state index contributed by atoms with van der Waals surface area (Å²) in [4.78, 5) is 38.6. The van der Waals surface area contributed by atoms with Crippen LogP contribution in [0.3, 0.4) is 0 Å². The Morgan fingerprint density at radius 2 is 1.96 bits per heavy atom. The van der Waals surface area contributed by atoms with Crippen molar-refractivity contribution in [1.82, 2.24) is 5.32 Å². The minimum absolute atomic E-state index is 0.0464. The third-order valence-electron chi connectivity index (χ3n) is 5.07. The number of anilines is 1. The Bertz CT molecular complexity index is 1150. The summed E-state index contributed by atoms with van der Waals surface area (Å²) in [6.45, 7) is 2.88. The highest BCUT2D eigenvalue weighted by atomic mass is 16.4. The molecule has 4 rings (SSSR count). The van der Waals surface area contributed by atoms with Crippen LogP contribution in [0.2, 0.25) is 0 Å². The summed E-state index contributed by atoms with van der Waals surface area (Å²) in [5.41, 5.74) is 6.80. The number of hydrogen-bond acceptors (Lipinski definition) is 5. The smallest absolute Gasteiger partial charge is 0.344 e. The molecule has 1 aliphatic heterocycles. The van der Waals surface area contributed by atoms with E-state index in [1.54, 1.807) is 29.2 Å². The molecule has 28 heavy (non-hydrogen) atoms. The Morgan fingerprint density at radius 1 is 1.18 bits per heavy atom. The van der Waals surface area contributed by atoms with Crippen LogP contribution < -0.4 is 21.6 Å². The molecule has 0 aliphatic carbocycles. The van der Waals surface area contributed by atoms with Crippen LogP contribution in [0.15, 0.2) is 45.6 Å². The second kappa shape index (κ2) is 7.09. The summed E-state index contributed by atoms with van der Waals surface area (Å²) < 4.78 is 5.47. The van der Waals surface area contributed by atoms with Crippen LogP contribution in [-0.4, -0.2) is 30.9 Å². The van der Waals surface area contributed by atoms with Crippen LogP contribution in [0.25, 0.3) is 21.7 Å². The van der Waals surface area contributed by atoms with Crippen LogP contribution in [0.4, 0.5) is 5.69 Å². The zero-order chi connectivity index (χ0) is 19.8. The lowest BCUT2D eigenvalue weighted by molar-refractivity contribution is -0.119. The van der Waals surface area contributed by atoms with Gasteiger partial charge in [-0.2, -0.15) is 0 Å². The second-order valence-corrected chi connectivity index (χ2v) is 6.99. The molecule has 1 atom stereocenters. The number of carbonyl (C=O) groups is 2. The molecule has 3 aromatic rings. The molecular weight excluding hydrogens is 358 g/mol. The zero-order valence-corrected chi connectivity index (χ0v) is 15.5. The molecule has 0 saturated carbocycles. The molecule has 1 saturated heterocycles. The van der Waals surface area contributed by atoms with E-state index in [0.717, 1.165) is 17.2 Å². The van der Waals surface area contributed by atoms with Crippen molar-refractivity contribution in [1.29, 1.82) is 0 Å². The number of benzene rings is 2. The lowest BCUT2D eigenvalue weighted by Crippen LogP contribution is -2.44. The standard InChI is InChI=1S/C21H21N3O4/c1-2-23-20(26)12-3-5-16-15-6-4-14(24-8-7-13(22)10-19(24)25)11-17(15)21(27)28-18(16)9-12/h3-6,9,11,13H,2,7-8,10,22H2,1H3,(H,23,26). The first kappa shape index (κ1) is 18.2. The van der Waals surface area contributed by atoms with Crippen molar-refractivity contribution in [2.45, 2.75) is 25.8 Å². The van der Waals surface area contributed by atoms with Gasteiger partial charge in [0.2, 0.25) is 5.91 Å². The number of carbonyl (C=O) groups excluding carboxylic acids is 2. The Morgan fingerprint density at radius 3 is 2.71 bits per heavy atom. The van der Waals surface area contributed by atoms with E-state index in [1.165, 1.54) is 0 Å². The summed E-state index contributed by atoms with van der Waals surface area (Å²) in [6.07, 6.45) is 1.02. The topological polar surface area (TPSA) is 106 Å². The summed E-state index contributed by atoms with van der Waals surface area (Å²) >= 11 is 0. The van der Waals surface area contributed by atoms with Gasteiger partial charge >= 0.3 is 5.63 Å². The third kappa shape index (κ3) is 3.14.